The maximum Gasteiger partial charge on any atom is 0.315 e. The van der Waals surface area contributed by atoms with Crippen LogP contribution in [0.5, 0.6) is 0 Å². The van der Waals surface area contributed by atoms with E-state index in [1.54, 1.807) is 0 Å². The number of amides is 2. The van der Waals surface area contributed by atoms with Gasteiger partial charge in [0.1, 0.15) is 0 Å². The van der Waals surface area contributed by atoms with Gasteiger partial charge in [0.2, 0.25) is 0 Å². The van der Waals surface area contributed by atoms with Crippen LogP contribution in [0.2, 0.25) is 0 Å². The van der Waals surface area contributed by atoms with Crippen LogP contribution in [0.25, 0.3) is 0 Å². The third-order valence-corrected chi connectivity index (χ3v) is 5.06. The number of aromatic nitrogens is 2. The number of fused-ring (bicyclic) bond motifs is 1. The summed E-state index contributed by atoms with van der Waals surface area (Å²) in [6, 6.07) is 1.09. The minimum atomic E-state index is -0.0126. The van der Waals surface area contributed by atoms with Crippen LogP contribution in [0.3, 0.4) is 0 Å². The number of aryl methyl sites for hydroxylation is 1. The van der Waals surface area contributed by atoms with Gasteiger partial charge in [-0.2, -0.15) is 5.10 Å². The first-order chi connectivity index (χ1) is 10.6. The van der Waals surface area contributed by atoms with Crippen molar-refractivity contribution in [2.24, 2.45) is 0 Å². The molecule has 6 nitrogen and oxygen atoms in total. The molecule has 2 amide bonds. The zero-order valence-electron chi connectivity index (χ0n) is 13.6. The van der Waals surface area contributed by atoms with Gasteiger partial charge in [-0.3, -0.25) is 5.10 Å². The van der Waals surface area contributed by atoms with Gasteiger partial charge in [-0.25, -0.2) is 4.79 Å². The Hall–Kier alpha value is -1.56. The van der Waals surface area contributed by atoms with Crippen molar-refractivity contribution in [3.63, 3.8) is 0 Å². The minimum absolute atomic E-state index is 0.0126. The Labute approximate surface area is 132 Å². The number of nitrogens with zero attached hydrogens (tertiary/aromatic N) is 2. The summed E-state index contributed by atoms with van der Waals surface area (Å²) in [5.74, 6) is 0. The number of hydrogen-bond donors (Lipinski definition) is 3. The summed E-state index contributed by atoms with van der Waals surface area (Å²) >= 11 is 0. The Bertz CT molecular complexity index is 512. The fourth-order valence-corrected chi connectivity index (χ4v) is 3.72. The highest BCUT2D eigenvalue weighted by Gasteiger charge is 2.26. The third kappa shape index (κ3) is 3.61. The lowest BCUT2D eigenvalue weighted by Gasteiger charge is -2.34. The Morgan fingerprint density at radius 2 is 2.09 bits per heavy atom. The second-order valence-electron chi connectivity index (χ2n) is 6.91. The molecule has 122 valence electrons. The van der Waals surface area contributed by atoms with Crippen molar-refractivity contribution in [2.75, 3.05) is 14.1 Å². The summed E-state index contributed by atoms with van der Waals surface area (Å²) in [5.41, 5.74) is 2.46. The van der Waals surface area contributed by atoms with Crippen LogP contribution in [0, 0.1) is 0 Å². The molecule has 0 saturated heterocycles. The number of carbonyl (C=O) groups excluding carboxylic acids is 1. The number of rotatable bonds is 3. The molecule has 1 heterocycles. The molecule has 2 aliphatic carbocycles. The quantitative estimate of drug-likeness (QED) is 0.791. The predicted octanol–water partition coefficient (Wildman–Crippen LogP) is 1.44. The van der Waals surface area contributed by atoms with Gasteiger partial charge in [-0.05, 0) is 64.6 Å². The van der Waals surface area contributed by atoms with E-state index in [1.807, 2.05) is 6.20 Å². The zero-order chi connectivity index (χ0) is 15.5. The molecule has 0 radical (unpaired) electrons. The maximum absolute atomic E-state index is 12.2. The zero-order valence-corrected chi connectivity index (χ0v) is 13.6. The average Bonchev–Trinajstić information content (AvgIpc) is 2.95. The van der Waals surface area contributed by atoms with Gasteiger partial charge in [0.25, 0.3) is 0 Å². The van der Waals surface area contributed by atoms with Crippen molar-refractivity contribution in [3.05, 3.63) is 17.5 Å². The molecule has 3 rings (SSSR count). The number of nitrogens with one attached hydrogen (secondary N) is 3. The van der Waals surface area contributed by atoms with E-state index in [2.05, 4.69) is 39.8 Å². The molecule has 1 fully saturated rings. The van der Waals surface area contributed by atoms with Crippen molar-refractivity contribution >= 4 is 6.03 Å². The van der Waals surface area contributed by atoms with Gasteiger partial charge in [0, 0.05) is 23.8 Å². The Morgan fingerprint density at radius 1 is 1.27 bits per heavy atom. The van der Waals surface area contributed by atoms with Crippen LogP contribution >= 0.6 is 0 Å². The first-order valence-corrected chi connectivity index (χ1v) is 8.36. The predicted molar refractivity (Wildman–Crippen MR) is 85.8 cm³/mol. The van der Waals surface area contributed by atoms with Crippen LogP contribution in [0.4, 0.5) is 4.79 Å². The van der Waals surface area contributed by atoms with E-state index in [0.717, 1.165) is 32.1 Å². The molecule has 3 N–H and O–H groups in total. The van der Waals surface area contributed by atoms with Crippen molar-refractivity contribution < 1.29 is 4.79 Å². The lowest BCUT2D eigenvalue weighted by atomic mass is 9.90. The summed E-state index contributed by atoms with van der Waals surface area (Å²) in [6.45, 7) is 0. The number of urea groups is 1. The number of aromatic amines is 1. The number of carbonyl (C=O) groups is 1. The summed E-state index contributed by atoms with van der Waals surface area (Å²) in [4.78, 5) is 14.5. The van der Waals surface area contributed by atoms with Crippen molar-refractivity contribution in [2.45, 2.75) is 63.1 Å². The smallest absolute Gasteiger partial charge is 0.315 e. The van der Waals surface area contributed by atoms with E-state index in [-0.39, 0.29) is 12.1 Å². The maximum atomic E-state index is 12.2. The van der Waals surface area contributed by atoms with Crippen LogP contribution in [0.15, 0.2) is 6.20 Å². The molecular weight excluding hydrogens is 278 g/mol. The van der Waals surface area contributed by atoms with E-state index < -0.39 is 0 Å². The van der Waals surface area contributed by atoms with Crippen LogP contribution in [-0.2, 0) is 12.8 Å². The topological polar surface area (TPSA) is 73.1 Å². The monoisotopic (exact) mass is 305 g/mol. The Morgan fingerprint density at radius 3 is 2.91 bits per heavy atom. The van der Waals surface area contributed by atoms with Crippen LogP contribution in [-0.4, -0.2) is 53.3 Å². The number of hydrogen-bond acceptors (Lipinski definition) is 3. The molecule has 0 unspecified atom stereocenters. The van der Waals surface area contributed by atoms with Gasteiger partial charge in [0.15, 0.2) is 0 Å². The summed E-state index contributed by atoms with van der Waals surface area (Å²) < 4.78 is 0. The first kappa shape index (κ1) is 15.3. The Kier molecular flexibility index (Phi) is 4.66. The lowest BCUT2D eigenvalue weighted by molar-refractivity contribution is 0.191. The highest BCUT2D eigenvalue weighted by molar-refractivity contribution is 5.74. The molecule has 3 atom stereocenters. The summed E-state index contributed by atoms with van der Waals surface area (Å²) in [6.07, 6.45) is 9.27. The van der Waals surface area contributed by atoms with Crippen LogP contribution < -0.4 is 10.6 Å². The molecule has 0 aliphatic heterocycles. The SMILES string of the molecule is CN(C)[C@@H]1CCC[C@H](NC(=O)N[C@H]2CCc3[nH]ncc3C2)C1. The van der Waals surface area contributed by atoms with Crippen molar-refractivity contribution in [3.8, 4) is 0 Å². The molecular formula is C16H27N5O. The average molecular weight is 305 g/mol. The molecule has 1 aromatic rings. The molecule has 1 saturated carbocycles. The van der Waals surface area contributed by atoms with Gasteiger partial charge in [-0.15, -0.1) is 0 Å². The van der Waals surface area contributed by atoms with E-state index >= 15 is 0 Å². The number of H-pyrrole nitrogens is 1. The molecule has 2 aliphatic rings. The van der Waals surface area contributed by atoms with Gasteiger partial charge >= 0.3 is 6.03 Å². The summed E-state index contributed by atoms with van der Waals surface area (Å²) in [7, 11) is 4.25. The molecule has 0 bridgehead atoms. The van der Waals surface area contributed by atoms with E-state index in [1.165, 1.54) is 24.1 Å². The van der Waals surface area contributed by atoms with E-state index in [4.69, 9.17) is 0 Å². The van der Waals surface area contributed by atoms with Crippen LogP contribution in [0.1, 0.15) is 43.4 Å². The standard InChI is InChI=1S/C16H27N5O/c1-21(2)14-5-3-4-12(9-14)18-16(22)19-13-6-7-15-11(8-13)10-17-20-15/h10,12-14H,3-9H2,1-2H3,(H,17,20)(H2,18,19,22)/t12-,13-,14+/m0/s1. The second kappa shape index (κ2) is 6.69. The fraction of sp³-hybridized carbons (Fsp3) is 0.750. The first-order valence-electron chi connectivity index (χ1n) is 8.36. The molecule has 22 heavy (non-hydrogen) atoms. The minimum Gasteiger partial charge on any atom is -0.335 e. The van der Waals surface area contributed by atoms with Gasteiger partial charge in [-0.1, -0.05) is 0 Å². The molecule has 1 aromatic heterocycles. The van der Waals surface area contributed by atoms with Gasteiger partial charge < -0.3 is 15.5 Å². The van der Waals surface area contributed by atoms with Crippen molar-refractivity contribution in [1.82, 2.24) is 25.7 Å². The lowest BCUT2D eigenvalue weighted by Crippen LogP contribution is -2.50. The van der Waals surface area contributed by atoms with E-state index in [0.29, 0.717) is 12.1 Å². The van der Waals surface area contributed by atoms with E-state index in [9.17, 15) is 4.79 Å². The summed E-state index contributed by atoms with van der Waals surface area (Å²) in [5, 5.41) is 13.4. The normalized spacial score (nSPS) is 28.2. The van der Waals surface area contributed by atoms with Gasteiger partial charge in [0.05, 0.1) is 6.20 Å². The van der Waals surface area contributed by atoms with Crippen molar-refractivity contribution in [1.29, 1.82) is 0 Å². The Balaban J connectivity index is 1.47. The fourth-order valence-electron chi connectivity index (χ4n) is 3.72. The molecule has 6 heteroatoms. The largest absolute Gasteiger partial charge is 0.335 e. The third-order valence-electron chi connectivity index (χ3n) is 5.06. The highest BCUT2D eigenvalue weighted by Crippen LogP contribution is 2.22. The highest BCUT2D eigenvalue weighted by atomic mass is 16.2. The second-order valence-corrected chi connectivity index (χ2v) is 6.91. The molecule has 0 aromatic carbocycles. The molecule has 0 spiro atoms.